The van der Waals surface area contributed by atoms with E-state index in [1.54, 1.807) is 4.68 Å². The van der Waals surface area contributed by atoms with E-state index in [9.17, 15) is 9.59 Å². The minimum absolute atomic E-state index is 0.399. The molecule has 6 heteroatoms. The summed E-state index contributed by atoms with van der Waals surface area (Å²) in [6.07, 6.45) is 1.46. The smallest absolute Gasteiger partial charge is 0.292 e. The number of hydrogen-bond donors (Lipinski definition) is 2. The van der Waals surface area contributed by atoms with Crippen molar-refractivity contribution >= 4 is 11.0 Å². The lowest BCUT2D eigenvalue weighted by molar-refractivity contribution is 0.492. The van der Waals surface area contributed by atoms with Gasteiger partial charge >= 0.3 is 5.69 Å². The van der Waals surface area contributed by atoms with Gasteiger partial charge in [-0.15, -0.1) is 0 Å². The molecular weight excluding hydrogens is 196 g/mol. The number of fused-ring (bicyclic) bond motifs is 1. The van der Waals surface area contributed by atoms with Crippen LogP contribution in [-0.4, -0.2) is 19.7 Å². The summed E-state index contributed by atoms with van der Waals surface area (Å²) < 4.78 is 1.64. The zero-order chi connectivity index (χ0) is 11.0. The van der Waals surface area contributed by atoms with Gasteiger partial charge < -0.3 is 0 Å². The van der Waals surface area contributed by atoms with Gasteiger partial charge in [-0.25, -0.2) is 9.48 Å². The fraction of sp³-hybridized carbons (Fsp3) is 0.444. The highest BCUT2D eigenvalue weighted by molar-refractivity contribution is 5.72. The van der Waals surface area contributed by atoms with E-state index in [0.717, 1.165) is 0 Å². The number of aromatic nitrogens is 4. The highest BCUT2D eigenvalue weighted by atomic mass is 16.2. The lowest BCUT2D eigenvalue weighted by Gasteiger charge is -2.05. The van der Waals surface area contributed by atoms with Crippen LogP contribution < -0.4 is 11.2 Å². The average Bonchev–Trinajstić information content (AvgIpc) is 2.48. The van der Waals surface area contributed by atoms with Gasteiger partial charge in [0.25, 0.3) is 5.56 Å². The molecule has 0 unspecified atom stereocenters. The van der Waals surface area contributed by atoms with Crippen molar-refractivity contribution in [2.45, 2.75) is 20.4 Å². The van der Waals surface area contributed by atoms with Crippen LogP contribution in [0.15, 0.2) is 15.8 Å². The van der Waals surface area contributed by atoms with E-state index in [1.807, 2.05) is 13.8 Å². The molecule has 80 valence electrons. The number of aromatic amines is 2. The summed E-state index contributed by atoms with van der Waals surface area (Å²) in [7, 11) is 0. The number of nitrogens with one attached hydrogen (secondary N) is 2. The van der Waals surface area contributed by atoms with Crippen molar-refractivity contribution in [3.05, 3.63) is 27.0 Å². The van der Waals surface area contributed by atoms with Crippen molar-refractivity contribution in [2.24, 2.45) is 5.92 Å². The average molecular weight is 208 g/mol. The van der Waals surface area contributed by atoms with Crippen molar-refractivity contribution in [1.82, 2.24) is 19.7 Å². The van der Waals surface area contributed by atoms with Crippen LogP contribution in [0.2, 0.25) is 0 Å². The fourth-order valence-electron chi connectivity index (χ4n) is 1.48. The number of hydrogen-bond acceptors (Lipinski definition) is 3. The summed E-state index contributed by atoms with van der Waals surface area (Å²) in [6.45, 7) is 4.75. The molecule has 6 nitrogen and oxygen atoms in total. The second-order valence-electron chi connectivity index (χ2n) is 3.89. The summed E-state index contributed by atoms with van der Waals surface area (Å²) in [4.78, 5) is 27.2. The molecular formula is C9H12N4O2. The van der Waals surface area contributed by atoms with Gasteiger partial charge in [0.2, 0.25) is 0 Å². The Morgan fingerprint density at radius 3 is 2.80 bits per heavy atom. The van der Waals surface area contributed by atoms with Gasteiger partial charge in [0, 0.05) is 6.54 Å². The van der Waals surface area contributed by atoms with Gasteiger partial charge in [0.1, 0.15) is 11.0 Å². The molecule has 2 rings (SSSR count). The molecule has 0 radical (unpaired) electrons. The molecule has 0 aromatic carbocycles. The molecule has 0 aliphatic carbocycles. The highest BCUT2D eigenvalue weighted by Gasteiger charge is 2.08. The minimum atomic E-state index is -0.502. The normalized spacial score (nSPS) is 11.4. The van der Waals surface area contributed by atoms with Crippen molar-refractivity contribution in [1.29, 1.82) is 0 Å². The summed E-state index contributed by atoms with van der Waals surface area (Å²) in [5.41, 5.74) is -0.417. The monoisotopic (exact) mass is 208 g/mol. The van der Waals surface area contributed by atoms with Gasteiger partial charge in [0.05, 0.1) is 6.20 Å². The SMILES string of the molecule is CC(C)Cn1ncc2c(=O)[nH]c(=O)[nH]c21. The van der Waals surface area contributed by atoms with Gasteiger partial charge in [-0.05, 0) is 5.92 Å². The van der Waals surface area contributed by atoms with E-state index in [0.29, 0.717) is 23.5 Å². The third-order valence-corrected chi connectivity index (χ3v) is 2.08. The molecule has 0 saturated carbocycles. The first-order valence-electron chi connectivity index (χ1n) is 4.76. The second kappa shape index (κ2) is 3.38. The molecule has 0 aliphatic heterocycles. The van der Waals surface area contributed by atoms with Crippen LogP contribution in [-0.2, 0) is 6.54 Å². The molecule has 2 N–H and O–H groups in total. The molecule has 0 aliphatic rings. The maximum Gasteiger partial charge on any atom is 0.327 e. The quantitative estimate of drug-likeness (QED) is 0.732. The third kappa shape index (κ3) is 1.70. The first-order valence-corrected chi connectivity index (χ1v) is 4.76. The lowest BCUT2D eigenvalue weighted by atomic mass is 10.2. The molecule has 0 fully saturated rings. The Morgan fingerprint density at radius 1 is 1.40 bits per heavy atom. The molecule has 2 aromatic rings. The van der Waals surface area contributed by atoms with Crippen LogP contribution in [0.25, 0.3) is 11.0 Å². The van der Waals surface area contributed by atoms with Crippen LogP contribution in [0, 0.1) is 5.92 Å². The van der Waals surface area contributed by atoms with E-state index in [4.69, 9.17) is 0 Å². The van der Waals surface area contributed by atoms with Gasteiger partial charge in [-0.3, -0.25) is 14.8 Å². The van der Waals surface area contributed by atoms with E-state index in [-0.39, 0.29) is 0 Å². The second-order valence-corrected chi connectivity index (χ2v) is 3.89. The highest BCUT2D eigenvalue weighted by Crippen LogP contribution is 2.06. The third-order valence-electron chi connectivity index (χ3n) is 2.08. The summed E-state index contributed by atoms with van der Waals surface area (Å²) in [6, 6.07) is 0. The maximum absolute atomic E-state index is 11.4. The molecule has 2 aromatic heterocycles. The fourth-order valence-corrected chi connectivity index (χ4v) is 1.48. The molecule has 0 atom stereocenters. The molecule has 0 spiro atoms. The van der Waals surface area contributed by atoms with Crippen LogP contribution in [0.5, 0.6) is 0 Å². The Labute approximate surface area is 84.9 Å². The summed E-state index contributed by atoms with van der Waals surface area (Å²) in [5.74, 6) is 0.399. The van der Waals surface area contributed by atoms with Crippen molar-refractivity contribution < 1.29 is 0 Å². The first-order chi connectivity index (χ1) is 7.08. The number of rotatable bonds is 2. The largest absolute Gasteiger partial charge is 0.327 e. The Hall–Kier alpha value is -1.85. The van der Waals surface area contributed by atoms with Crippen LogP contribution in [0.3, 0.4) is 0 Å². The Balaban J connectivity index is 2.69. The predicted octanol–water partition coefficient (Wildman–Crippen LogP) is 0.0689. The topological polar surface area (TPSA) is 83.5 Å². The summed E-state index contributed by atoms with van der Waals surface area (Å²) >= 11 is 0. The molecule has 2 heterocycles. The van der Waals surface area contributed by atoms with Crippen LogP contribution in [0.1, 0.15) is 13.8 Å². The molecule has 0 bridgehead atoms. The summed E-state index contributed by atoms with van der Waals surface area (Å²) in [5, 5.41) is 4.48. The first kappa shape index (κ1) is 9.70. The van der Waals surface area contributed by atoms with Crippen LogP contribution in [0.4, 0.5) is 0 Å². The maximum atomic E-state index is 11.4. The number of H-pyrrole nitrogens is 2. The Bertz CT molecular complexity index is 590. The molecule has 0 saturated heterocycles. The van der Waals surface area contributed by atoms with Crippen molar-refractivity contribution in [3.63, 3.8) is 0 Å². The predicted molar refractivity (Wildman–Crippen MR) is 55.8 cm³/mol. The van der Waals surface area contributed by atoms with E-state index in [2.05, 4.69) is 15.1 Å². The van der Waals surface area contributed by atoms with E-state index >= 15 is 0 Å². The zero-order valence-electron chi connectivity index (χ0n) is 8.57. The molecule has 15 heavy (non-hydrogen) atoms. The lowest BCUT2D eigenvalue weighted by Crippen LogP contribution is -2.22. The van der Waals surface area contributed by atoms with Crippen molar-refractivity contribution in [2.75, 3.05) is 0 Å². The molecule has 0 amide bonds. The standard InChI is InChI=1S/C9H12N4O2/c1-5(2)4-13-7-6(3-10-13)8(14)12-9(15)11-7/h3,5H,4H2,1-2H3,(H2,11,12,14,15). The van der Waals surface area contributed by atoms with Gasteiger partial charge in [0.15, 0.2) is 0 Å². The van der Waals surface area contributed by atoms with Gasteiger partial charge in [-0.1, -0.05) is 13.8 Å². The van der Waals surface area contributed by atoms with E-state index < -0.39 is 11.2 Å². The minimum Gasteiger partial charge on any atom is -0.292 e. The zero-order valence-corrected chi connectivity index (χ0v) is 8.57. The Morgan fingerprint density at radius 2 is 2.13 bits per heavy atom. The van der Waals surface area contributed by atoms with E-state index in [1.165, 1.54) is 6.20 Å². The van der Waals surface area contributed by atoms with Gasteiger partial charge in [-0.2, -0.15) is 5.10 Å². The van der Waals surface area contributed by atoms with Crippen LogP contribution >= 0.6 is 0 Å². The van der Waals surface area contributed by atoms with Crippen molar-refractivity contribution in [3.8, 4) is 0 Å². The number of nitrogens with zero attached hydrogens (tertiary/aromatic N) is 2. The Kier molecular flexibility index (Phi) is 2.18.